The fraction of sp³-hybridized carbons (Fsp3) is 0.647. The van der Waals surface area contributed by atoms with Gasteiger partial charge in [-0.25, -0.2) is 0 Å². The molecule has 21 heavy (non-hydrogen) atoms. The van der Waals surface area contributed by atoms with Crippen LogP contribution in [0.4, 0.5) is 0 Å². The molecule has 0 bridgehead atoms. The fourth-order valence-electron chi connectivity index (χ4n) is 1.86. The van der Waals surface area contributed by atoms with Crippen molar-refractivity contribution in [3.8, 4) is 5.75 Å². The zero-order valence-corrected chi connectivity index (χ0v) is 13.8. The Hall–Kier alpha value is -1.10. The van der Waals surface area contributed by atoms with Gasteiger partial charge >= 0.3 is 0 Å². The van der Waals surface area contributed by atoms with E-state index in [4.69, 9.17) is 14.2 Å². The summed E-state index contributed by atoms with van der Waals surface area (Å²) in [6.07, 6.45) is -0.497. The van der Waals surface area contributed by atoms with E-state index < -0.39 is 6.10 Å². The molecule has 0 aliphatic heterocycles. The molecule has 120 valence electrons. The van der Waals surface area contributed by atoms with E-state index in [1.54, 1.807) is 6.92 Å². The van der Waals surface area contributed by atoms with Crippen molar-refractivity contribution in [3.05, 3.63) is 29.3 Å². The predicted molar refractivity (Wildman–Crippen MR) is 83.6 cm³/mol. The highest BCUT2D eigenvalue weighted by Crippen LogP contribution is 2.24. The van der Waals surface area contributed by atoms with E-state index in [2.05, 4.69) is 0 Å². The first-order chi connectivity index (χ1) is 9.83. The molecular weight excluding hydrogens is 268 g/mol. The average Bonchev–Trinajstić information content (AvgIpc) is 2.38. The third kappa shape index (κ3) is 6.93. The minimum atomic E-state index is -0.497. The van der Waals surface area contributed by atoms with Gasteiger partial charge in [-0.15, -0.1) is 0 Å². The Labute approximate surface area is 128 Å². The average molecular weight is 296 g/mol. The summed E-state index contributed by atoms with van der Waals surface area (Å²) in [5.74, 6) is 0.804. The lowest BCUT2D eigenvalue weighted by Gasteiger charge is -2.19. The lowest BCUT2D eigenvalue weighted by molar-refractivity contribution is -0.0379. The van der Waals surface area contributed by atoms with Crippen LogP contribution >= 0.6 is 0 Å². The van der Waals surface area contributed by atoms with Crippen LogP contribution in [-0.4, -0.2) is 30.5 Å². The van der Waals surface area contributed by atoms with Gasteiger partial charge in [0.2, 0.25) is 0 Å². The normalized spacial score (nSPS) is 13.2. The number of aliphatic hydroxyl groups excluding tert-OH is 1. The van der Waals surface area contributed by atoms with Gasteiger partial charge in [0.05, 0.1) is 38.1 Å². The Morgan fingerprint density at radius 1 is 1.19 bits per heavy atom. The van der Waals surface area contributed by atoms with Crippen molar-refractivity contribution in [3.63, 3.8) is 0 Å². The van der Waals surface area contributed by atoms with E-state index in [-0.39, 0.29) is 5.60 Å². The molecule has 0 fully saturated rings. The molecule has 1 atom stereocenters. The first kappa shape index (κ1) is 18.0. The van der Waals surface area contributed by atoms with Crippen LogP contribution in [-0.2, 0) is 16.1 Å². The molecule has 0 saturated carbocycles. The van der Waals surface area contributed by atoms with Crippen molar-refractivity contribution in [2.45, 2.75) is 52.9 Å². The molecule has 0 saturated heterocycles. The van der Waals surface area contributed by atoms with Gasteiger partial charge in [0.1, 0.15) is 5.75 Å². The summed E-state index contributed by atoms with van der Waals surface area (Å²) in [5.41, 5.74) is 1.67. The van der Waals surface area contributed by atoms with E-state index in [9.17, 15) is 5.11 Å². The SMILES string of the molecule is CCOc1ccc(C(C)O)cc1COCCOC(C)(C)C. The van der Waals surface area contributed by atoms with Gasteiger partial charge < -0.3 is 19.3 Å². The molecule has 0 aliphatic carbocycles. The first-order valence-electron chi connectivity index (χ1n) is 7.49. The van der Waals surface area contributed by atoms with Crippen molar-refractivity contribution < 1.29 is 19.3 Å². The second-order valence-electron chi connectivity index (χ2n) is 5.99. The highest BCUT2D eigenvalue weighted by atomic mass is 16.5. The molecule has 1 N–H and O–H groups in total. The van der Waals surface area contributed by atoms with E-state index >= 15 is 0 Å². The van der Waals surface area contributed by atoms with Crippen molar-refractivity contribution in [2.24, 2.45) is 0 Å². The van der Waals surface area contributed by atoms with E-state index in [1.807, 2.05) is 45.9 Å². The van der Waals surface area contributed by atoms with Crippen molar-refractivity contribution in [1.29, 1.82) is 0 Å². The molecule has 1 aromatic carbocycles. The van der Waals surface area contributed by atoms with Gasteiger partial charge in [0, 0.05) is 5.56 Å². The van der Waals surface area contributed by atoms with Crippen LogP contribution in [0.3, 0.4) is 0 Å². The monoisotopic (exact) mass is 296 g/mol. The van der Waals surface area contributed by atoms with Gasteiger partial charge in [-0.05, 0) is 52.3 Å². The predicted octanol–water partition coefficient (Wildman–Crippen LogP) is 3.47. The quantitative estimate of drug-likeness (QED) is 0.746. The second-order valence-corrected chi connectivity index (χ2v) is 5.99. The zero-order chi connectivity index (χ0) is 15.9. The number of hydrogen-bond donors (Lipinski definition) is 1. The van der Waals surface area contributed by atoms with E-state index in [0.29, 0.717) is 26.4 Å². The third-order valence-electron chi connectivity index (χ3n) is 2.89. The molecule has 1 aromatic rings. The number of rotatable bonds is 8. The Morgan fingerprint density at radius 3 is 2.48 bits per heavy atom. The molecule has 0 heterocycles. The minimum absolute atomic E-state index is 0.147. The number of ether oxygens (including phenoxy) is 3. The van der Waals surface area contributed by atoms with Crippen molar-refractivity contribution in [1.82, 2.24) is 0 Å². The Kier molecular flexibility index (Phi) is 7.15. The summed E-state index contributed by atoms with van der Waals surface area (Å²) in [6.45, 7) is 11.9. The Bertz CT molecular complexity index is 421. The number of aliphatic hydroxyl groups is 1. The second kappa shape index (κ2) is 8.37. The van der Waals surface area contributed by atoms with Crippen molar-refractivity contribution >= 4 is 0 Å². The van der Waals surface area contributed by atoms with Gasteiger partial charge in [0.25, 0.3) is 0 Å². The largest absolute Gasteiger partial charge is 0.494 e. The topological polar surface area (TPSA) is 47.9 Å². The first-order valence-corrected chi connectivity index (χ1v) is 7.49. The van der Waals surface area contributed by atoms with Crippen LogP contribution in [0, 0.1) is 0 Å². The van der Waals surface area contributed by atoms with Crippen molar-refractivity contribution in [2.75, 3.05) is 19.8 Å². The summed E-state index contributed by atoms with van der Waals surface area (Å²) in [7, 11) is 0. The highest BCUT2D eigenvalue weighted by Gasteiger charge is 2.10. The Balaban J connectivity index is 2.56. The standard InChI is InChI=1S/C17H28O4/c1-6-20-16-8-7-14(13(2)18)11-15(16)12-19-9-10-21-17(3,4)5/h7-8,11,13,18H,6,9-10,12H2,1-5H3. The Morgan fingerprint density at radius 2 is 1.90 bits per heavy atom. The molecule has 0 radical (unpaired) electrons. The smallest absolute Gasteiger partial charge is 0.124 e. The number of hydrogen-bond acceptors (Lipinski definition) is 4. The highest BCUT2D eigenvalue weighted by molar-refractivity contribution is 5.37. The molecule has 0 aromatic heterocycles. The summed E-state index contributed by atoms with van der Waals surface area (Å²) in [5, 5.41) is 9.67. The van der Waals surface area contributed by atoms with Gasteiger partial charge in [0.15, 0.2) is 0 Å². The van der Waals surface area contributed by atoms with Gasteiger partial charge in [-0.2, -0.15) is 0 Å². The van der Waals surface area contributed by atoms with E-state index in [0.717, 1.165) is 16.9 Å². The summed E-state index contributed by atoms with van der Waals surface area (Å²) < 4.78 is 16.9. The van der Waals surface area contributed by atoms with E-state index in [1.165, 1.54) is 0 Å². The summed E-state index contributed by atoms with van der Waals surface area (Å²) in [6, 6.07) is 5.69. The maximum Gasteiger partial charge on any atom is 0.124 e. The molecule has 0 amide bonds. The molecule has 1 rings (SSSR count). The maximum atomic E-state index is 9.67. The zero-order valence-electron chi connectivity index (χ0n) is 13.8. The van der Waals surface area contributed by atoms with Gasteiger partial charge in [-0.1, -0.05) is 6.07 Å². The third-order valence-corrected chi connectivity index (χ3v) is 2.89. The number of benzene rings is 1. The summed E-state index contributed by atoms with van der Waals surface area (Å²) in [4.78, 5) is 0. The van der Waals surface area contributed by atoms with Crippen LogP contribution in [0.2, 0.25) is 0 Å². The van der Waals surface area contributed by atoms with Gasteiger partial charge in [-0.3, -0.25) is 0 Å². The molecule has 1 unspecified atom stereocenters. The van der Waals surface area contributed by atoms with Crippen LogP contribution in [0.15, 0.2) is 18.2 Å². The maximum absolute atomic E-state index is 9.67. The van der Waals surface area contributed by atoms with Crippen LogP contribution in [0.25, 0.3) is 0 Å². The van der Waals surface area contributed by atoms with Crippen LogP contribution < -0.4 is 4.74 Å². The molecule has 4 nitrogen and oxygen atoms in total. The molecular formula is C17H28O4. The van der Waals surface area contributed by atoms with Crippen LogP contribution in [0.1, 0.15) is 51.8 Å². The molecule has 0 spiro atoms. The minimum Gasteiger partial charge on any atom is -0.494 e. The lowest BCUT2D eigenvalue weighted by atomic mass is 10.1. The molecule has 0 aliphatic rings. The fourth-order valence-corrected chi connectivity index (χ4v) is 1.86. The lowest BCUT2D eigenvalue weighted by Crippen LogP contribution is -2.21. The van der Waals surface area contributed by atoms with Crippen LogP contribution in [0.5, 0.6) is 5.75 Å². The summed E-state index contributed by atoms with van der Waals surface area (Å²) >= 11 is 0. The molecule has 4 heteroatoms.